The number of unbranched alkanes of at least 4 members (excludes halogenated alkanes) is 6. The maximum absolute atomic E-state index is 11.0. The van der Waals surface area contributed by atoms with Gasteiger partial charge in [0.05, 0.1) is 12.1 Å². The van der Waals surface area contributed by atoms with Crippen molar-refractivity contribution in [3.63, 3.8) is 0 Å². The van der Waals surface area contributed by atoms with Gasteiger partial charge in [-0.2, -0.15) is 0 Å². The molecule has 0 atom stereocenters. The second-order valence-electron chi connectivity index (χ2n) is 7.41. The van der Waals surface area contributed by atoms with E-state index in [1.54, 1.807) is 12.1 Å². The minimum atomic E-state index is -0.872. The quantitative estimate of drug-likeness (QED) is 0.387. The Bertz CT molecular complexity index is 689. The van der Waals surface area contributed by atoms with Gasteiger partial charge in [-0.1, -0.05) is 64.5 Å². The number of hydrogen-bond donors (Lipinski definition) is 1. The molecule has 27 heavy (non-hydrogen) atoms. The van der Waals surface area contributed by atoms with Crippen LogP contribution in [0, 0.1) is 0 Å². The van der Waals surface area contributed by atoms with Crippen molar-refractivity contribution in [2.24, 2.45) is 0 Å². The van der Waals surface area contributed by atoms with Crippen LogP contribution in [0.2, 0.25) is 0 Å². The summed E-state index contributed by atoms with van der Waals surface area (Å²) in [7, 11) is 0. The van der Waals surface area contributed by atoms with E-state index < -0.39 is 5.97 Å². The van der Waals surface area contributed by atoms with E-state index >= 15 is 0 Å². The number of nitrogens with zero attached hydrogens (tertiary/aromatic N) is 2. The first-order valence-corrected chi connectivity index (χ1v) is 10.5. The molecule has 0 radical (unpaired) electrons. The van der Waals surface area contributed by atoms with Gasteiger partial charge in [0.15, 0.2) is 0 Å². The van der Waals surface area contributed by atoms with E-state index in [0.717, 1.165) is 25.1 Å². The Hall–Kier alpha value is -2.10. The van der Waals surface area contributed by atoms with Gasteiger partial charge in [0, 0.05) is 6.42 Å². The van der Waals surface area contributed by atoms with Gasteiger partial charge in [-0.05, 0) is 30.5 Å². The monoisotopic (exact) mass is 371 g/mol. The van der Waals surface area contributed by atoms with E-state index in [1.165, 1.54) is 57.2 Å². The molecule has 1 N–H and O–H groups in total. The molecule has 2 aromatic rings. The van der Waals surface area contributed by atoms with Gasteiger partial charge < -0.3 is 5.11 Å². The van der Waals surface area contributed by atoms with E-state index in [0.29, 0.717) is 5.56 Å². The van der Waals surface area contributed by atoms with E-state index in [-0.39, 0.29) is 0 Å². The Labute approximate surface area is 163 Å². The molecule has 4 heteroatoms. The third-order valence-corrected chi connectivity index (χ3v) is 5.15. The number of aromatic carboxylic acids is 1. The van der Waals surface area contributed by atoms with Crippen LogP contribution >= 0.6 is 0 Å². The highest BCUT2D eigenvalue weighted by Gasteiger charge is 2.17. The van der Waals surface area contributed by atoms with Gasteiger partial charge >= 0.3 is 5.97 Å². The molecule has 1 heterocycles. The van der Waals surface area contributed by atoms with Crippen LogP contribution in [0.25, 0.3) is 0 Å². The molecule has 148 valence electrons. The highest BCUT2D eigenvalue weighted by Crippen LogP contribution is 2.11. The minimum absolute atomic E-state index is 0.344. The molecule has 0 spiro atoms. The topological polar surface area (TPSA) is 46.1 Å². The third kappa shape index (κ3) is 6.85. The number of carboxylic acid groups (broad SMARTS) is 1. The Kier molecular flexibility index (Phi) is 9.09. The van der Waals surface area contributed by atoms with Gasteiger partial charge in [-0.3, -0.25) is 0 Å². The van der Waals surface area contributed by atoms with Crippen LogP contribution in [-0.2, 0) is 19.5 Å². The number of aryl methyl sites for hydroxylation is 1. The van der Waals surface area contributed by atoms with Gasteiger partial charge in [-0.25, -0.2) is 13.9 Å². The molecular weight excluding hydrogens is 336 g/mol. The number of aromatic nitrogens is 2. The summed E-state index contributed by atoms with van der Waals surface area (Å²) in [5.41, 5.74) is 1.49. The second-order valence-corrected chi connectivity index (χ2v) is 7.41. The minimum Gasteiger partial charge on any atom is -0.478 e. The van der Waals surface area contributed by atoms with Crippen LogP contribution in [0.15, 0.2) is 36.7 Å². The Morgan fingerprint density at radius 1 is 0.963 bits per heavy atom. The first-order chi connectivity index (χ1) is 13.2. The summed E-state index contributed by atoms with van der Waals surface area (Å²) in [6.45, 7) is 6.36. The summed E-state index contributed by atoms with van der Waals surface area (Å²) in [4.78, 5) is 11.0. The normalized spacial score (nSPS) is 11.0. The van der Waals surface area contributed by atoms with Crippen molar-refractivity contribution < 1.29 is 14.5 Å². The van der Waals surface area contributed by atoms with Crippen molar-refractivity contribution >= 4 is 5.97 Å². The summed E-state index contributed by atoms with van der Waals surface area (Å²) in [6, 6.07) is 7.24. The zero-order chi connectivity index (χ0) is 19.5. The van der Waals surface area contributed by atoms with Crippen LogP contribution in [0.4, 0.5) is 0 Å². The van der Waals surface area contributed by atoms with E-state index in [1.807, 2.05) is 12.1 Å². The fourth-order valence-corrected chi connectivity index (χ4v) is 3.47. The third-order valence-electron chi connectivity index (χ3n) is 5.15. The number of carboxylic acids is 1. The largest absolute Gasteiger partial charge is 0.478 e. The highest BCUT2D eigenvalue weighted by atomic mass is 16.4. The van der Waals surface area contributed by atoms with Crippen LogP contribution in [0.3, 0.4) is 0 Å². The smallest absolute Gasteiger partial charge is 0.335 e. The van der Waals surface area contributed by atoms with Crippen molar-refractivity contribution in [3.8, 4) is 0 Å². The standard InChI is InChI=1S/C23H34N2O2/c1-3-5-7-8-9-10-11-22-24(16-6-4-2)17-18-25(22)19-20-12-14-21(15-13-20)23(26)27/h12-15,17-18H,3-11,16,19H2,1-2H3/p+1. The van der Waals surface area contributed by atoms with Gasteiger partial charge in [0.2, 0.25) is 0 Å². The molecule has 0 amide bonds. The molecule has 0 fully saturated rings. The molecule has 0 saturated heterocycles. The maximum Gasteiger partial charge on any atom is 0.335 e. The molecule has 0 aliphatic heterocycles. The lowest BCUT2D eigenvalue weighted by molar-refractivity contribution is -0.695. The number of imidazole rings is 1. The Morgan fingerprint density at radius 3 is 2.30 bits per heavy atom. The lowest BCUT2D eigenvalue weighted by Crippen LogP contribution is -2.38. The molecule has 1 aromatic heterocycles. The van der Waals surface area contributed by atoms with E-state index in [4.69, 9.17) is 5.11 Å². The molecule has 2 rings (SSSR count). The molecular formula is C23H35N2O2+. The van der Waals surface area contributed by atoms with Crippen molar-refractivity contribution in [2.75, 3.05) is 0 Å². The summed E-state index contributed by atoms with van der Waals surface area (Å²) in [6.07, 6.45) is 15.7. The van der Waals surface area contributed by atoms with Crippen molar-refractivity contribution in [3.05, 3.63) is 53.6 Å². The molecule has 0 unspecified atom stereocenters. The van der Waals surface area contributed by atoms with Crippen LogP contribution in [0.1, 0.15) is 87.0 Å². The number of carbonyl (C=O) groups is 1. The fourth-order valence-electron chi connectivity index (χ4n) is 3.47. The SMILES string of the molecule is CCCCCCCCc1n(CCCC)cc[n+]1Cc1ccc(C(=O)O)cc1. The average Bonchev–Trinajstić information content (AvgIpc) is 3.04. The van der Waals surface area contributed by atoms with Crippen molar-refractivity contribution in [2.45, 2.75) is 84.7 Å². The van der Waals surface area contributed by atoms with Crippen molar-refractivity contribution in [1.82, 2.24) is 4.57 Å². The van der Waals surface area contributed by atoms with Crippen LogP contribution < -0.4 is 4.57 Å². The molecule has 4 nitrogen and oxygen atoms in total. The molecule has 0 bridgehead atoms. The molecule has 1 aromatic carbocycles. The first kappa shape index (κ1) is 21.2. The van der Waals surface area contributed by atoms with Crippen LogP contribution in [0.5, 0.6) is 0 Å². The number of rotatable bonds is 13. The van der Waals surface area contributed by atoms with Gasteiger partial charge in [0.1, 0.15) is 18.9 Å². The fraction of sp³-hybridized carbons (Fsp3) is 0.565. The maximum atomic E-state index is 11.0. The lowest BCUT2D eigenvalue weighted by atomic mass is 10.1. The van der Waals surface area contributed by atoms with E-state index in [9.17, 15) is 4.79 Å². The second kappa shape index (κ2) is 11.6. The molecule has 0 aliphatic carbocycles. The van der Waals surface area contributed by atoms with Gasteiger partial charge in [0.25, 0.3) is 5.82 Å². The first-order valence-electron chi connectivity index (χ1n) is 10.5. The Morgan fingerprint density at radius 2 is 1.63 bits per heavy atom. The lowest BCUT2D eigenvalue weighted by Gasteiger charge is -2.06. The number of hydrogen-bond acceptors (Lipinski definition) is 1. The number of benzene rings is 1. The van der Waals surface area contributed by atoms with Gasteiger partial charge in [-0.15, -0.1) is 0 Å². The predicted molar refractivity (Wildman–Crippen MR) is 109 cm³/mol. The Balaban J connectivity index is 2.03. The summed E-state index contributed by atoms with van der Waals surface area (Å²) in [5.74, 6) is 0.518. The highest BCUT2D eigenvalue weighted by molar-refractivity contribution is 5.87. The van der Waals surface area contributed by atoms with E-state index in [2.05, 4.69) is 35.4 Å². The van der Waals surface area contributed by atoms with Crippen molar-refractivity contribution in [1.29, 1.82) is 0 Å². The van der Waals surface area contributed by atoms with Crippen LogP contribution in [-0.4, -0.2) is 15.6 Å². The summed E-state index contributed by atoms with van der Waals surface area (Å²) < 4.78 is 4.73. The summed E-state index contributed by atoms with van der Waals surface area (Å²) >= 11 is 0. The predicted octanol–water partition coefficient (Wildman–Crippen LogP) is 5.23. The summed E-state index contributed by atoms with van der Waals surface area (Å²) in [5, 5.41) is 9.06. The average molecular weight is 372 g/mol. The molecule has 0 aliphatic rings. The zero-order valence-electron chi connectivity index (χ0n) is 17.0. The molecule has 0 saturated carbocycles. The zero-order valence-corrected chi connectivity index (χ0v) is 17.0.